The molecular formula is C6H9Mn2NO6. The quantitative estimate of drug-likeness (QED) is 0.513. The summed E-state index contributed by atoms with van der Waals surface area (Å²) in [5.74, 6) is -3.78. The molecule has 0 aromatic carbocycles. The summed E-state index contributed by atoms with van der Waals surface area (Å²) in [6.45, 7) is -1.80. The second kappa shape index (κ2) is 9.94. The van der Waals surface area contributed by atoms with Gasteiger partial charge >= 0.3 is 17.9 Å². The number of hydrogen-bond donors (Lipinski definition) is 3. The largest absolute Gasteiger partial charge is 0.480 e. The Morgan fingerprint density at radius 1 is 0.733 bits per heavy atom. The van der Waals surface area contributed by atoms with Crippen molar-refractivity contribution in [2.24, 2.45) is 0 Å². The molecule has 0 aliphatic heterocycles. The molecule has 2 radical (unpaired) electrons. The zero-order valence-electron chi connectivity index (χ0n) is 7.39. The van der Waals surface area contributed by atoms with Gasteiger partial charge in [0.15, 0.2) is 0 Å². The molecule has 0 spiro atoms. The SMILES string of the molecule is O=C(O)CN(CC(=O)O)CC(=O)O.[Mn].[Mn]. The predicted molar refractivity (Wildman–Crippen MR) is 39.3 cm³/mol. The van der Waals surface area contributed by atoms with Crippen LogP contribution in [0.2, 0.25) is 0 Å². The summed E-state index contributed by atoms with van der Waals surface area (Å²) in [6.07, 6.45) is 0. The summed E-state index contributed by atoms with van der Waals surface area (Å²) < 4.78 is 0. The van der Waals surface area contributed by atoms with Crippen molar-refractivity contribution in [3.05, 3.63) is 0 Å². The van der Waals surface area contributed by atoms with Crippen LogP contribution in [0.15, 0.2) is 0 Å². The van der Waals surface area contributed by atoms with E-state index in [0.29, 0.717) is 0 Å². The Bertz CT molecular complexity index is 196. The van der Waals surface area contributed by atoms with Gasteiger partial charge in [0.05, 0.1) is 19.6 Å². The van der Waals surface area contributed by atoms with E-state index in [1.807, 2.05) is 0 Å². The molecule has 0 fully saturated rings. The van der Waals surface area contributed by atoms with E-state index in [0.717, 1.165) is 4.90 Å². The minimum absolute atomic E-state index is 0. The number of aliphatic carboxylic acids is 3. The number of nitrogens with zero attached hydrogens (tertiary/aromatic N) is 1. The van der Waals surface area contributed by atoms with E-state index in [1.165, 1.54) is 0 Å². The van der Waals surface area contributed by atoms with Crippen LogP contribution in [0.3, 0.4) is 0 Å². The number of carboxylic acids is 3. The monoisotopic (exact) mass is 301 g/mol. The molecule has 0 heterocycles. The van der Waals surface area contributed by atoms with Gasteiger partial charge in [0.2, 0.25) is 0 Å². The fraction of sp³-hybridized carbons (Fsp3) is 0.500. The van der Waals surface area contributed by atoms with Crippen LogP contribution in [0.25, 0.3) is 0 Å². The molecule has 0 aromatic rings. The van der Waals surface area contributed by atoms with Gasteiger partial charge in [0, 0.05) is 34.1 Å². The van der Waals surface area contributed by atoms with Gasteiger partial charge in [-0.15, -0.1) is 0 Å². The van der Waals surface area contributed by atoms with E-state index in [2.05, 4.69) is 0 Å². The number of rotatable bonds is 6. The first-order valence-corrected chi connectivity index (χ1v) is 3.29. The zero-order chi connectivity index (χ0) is 10.4. The van der Waals surface area contributed by atoms with Crippen molar-refractivity contribution >= 4 is 17.9 Å². The molecule has 9 heteroatoms. The van der Waals surface area contributed by atoms with Gasteiger partial charge in [0.25, 0.3) is 0 Å². The molecule has 0 amide bonds. The average molecular weight is 301 g/mol. The van der Waals surface area contributed by atoms with Gasteiger partial charge in [-0.1, -0.05) is 0 Å². The van der Waals surface area contributed by atoms with Gasteiger partial charge in [0.1, 0.15) is 0 Å². The van der Waals surface area contributed by atoms with E-state index in [1.54, 1.807) is 0 Å². The summed E-state index contributed by atoms with van der Waals surface area (Å²) in [5, 5.41) is 24.8. The van der Waals surface area contributed by atoms with Gasteiger partial charge in [-0.05, 0) is 0 Å². The number of carbonyl (C=O) groups is 3. The Balaban J connectivity index is -0.000000720. The predicted octanol–water partition coefficient (Wildman–Crippen LogP) is -1.46. The maximum Gasteiger partial charge on any atom is 0.317 e. The van der Waals surface area contributed by atoms with Crippen LogP contribution in [0, 0.1) is 0 Å². The van der Waals surface area contributed by atoms with Gasteiger partial charge < -0.3 is 15.3 Å². The first kappa shape index (κ1) is 19.9. The van der Waals surface area contributed by atoms with Crippen LogP contribution < -0.4 is 0 Å². The Morgan fingerprint density at radius 2 is 0.933 bits per heavy atom. The summed E-state index contributed by atoms with van der Waals surface area (Å²) >= 11 is 0. The van der Waals surface area contributed by atoms with Crippen LogP contribution >= 0.6 is 0 Å². The smallest absolute Gasteiger partial charge is 0.317 e. The molecule has 0 saturated carbocycles. The average Bonchev–Trinajstić information content (AvgIpc) is 1.80. The molecule has 0 atom stereocenters. The molecule has 3 N–H and O–H groups in total. The normalized spacial score (nSPS) is 8.60. The van der Waals surface area contributed by atoms with Gasteiger partial charge in [-0.3, -0.25) is 19.3 Å². The molecule has 0 aliphatic carbocycles. The molecule has 0 aromatic heterocycles. The van der Waals surface area contributed by atoms with E-state index < -0.39 is 37.5 Å². The van der Waals surface area contributed by atoms with Crippen molar-refractivity contribution in [2.75, 3.05) is 19.6 Å². The molecular weight excluding hydrogens is 292 g/mol. The maximum atomic E-state index is 10.1. The molecule has 0 rings (SSSR count). The maximum absolute atomic E-state index is 10.1. The Labute approximate surface area is 106 Å². The second-order valence-corrected chi connectivity index (χ2v) is 2.33. The summed E-state index contributed by atoms with van der Waals surface area (Å²) in [7, 11) is 0. The molecule has 88 valence electrons. The molecule has 0 aliphatic rings. The topological polar surface area (TPSA) is 115 Å². The van der Waals surface area contributed by atoms with E-state index in [9.17, 15) is 14.4 Å². The van der Waals surface area contributed by atoms with E-state index >= 15 is 0 Å². The standard InChI is InChI=1S/C6H9NO6.2Mn/c8-4(9)1-7(2-5(10)11)3-6(12)13;;/h1-3H2,(H,8,9)(H,10,11)(H,12,13);;. The van der Waals surface area contributed by atoms with Gasteiger partial charge in [-0.2, -0.15) is 0 Å². The third-order valence-electron chi connectivity index (χ3n) is 1.08. The Hall–Kier alpha value is -0.591. The van der Waals surface area contributed by atoms with Crippen LogP contribution in [0.5, 0.6) is 0 Å². The third kappa shape index (κ3) is 13.4. The molecule has 0 bridgehead atoms. The first-order chi connectivity index (χ1) is 5.91. The first-order valence-electron chi connectivity index (χ1n) is 3.29. The summed E-state index contributed by atoms with van der Waals surface area (Å²) in [6, 6.07) is 0. The molecule has 0 saturated heterocycles. The van der Waals surface area contributed by atoms with Crippen LogP contribution in [-0.4, -0.2) is 57.8 Å². The van der Waals surface area contributed by atoms with Crippen molar-refractivity contribution < 1.29 is 63.8 Å². The second-order valence-electron chi connectivity index (χ2n) is 2.33. The number of carboxylic acid groups (broad SMARTS) is 3. The fourth-order valence-corrected chi connectivity index (χ4v) is 0.742. The Morgan fingerprint density at radius 3 is 1.07 bits per heavy atom. The Kier molecular flexibility index (Phi) is 13.2. The van der Waals surface area contributed by atoms with Crippen molar-refractivity contribution in [2.45, 2.75) is 0 Å². The van der Waals surface area contributed by atoms with E-state index in [4.69, 9.17) is 15.3 Å². The van der Waals surface area contributed by atoms with Crippen molar-refractivity contribution in [1.29, 1.82) is 0 Å². The minimum Gasteiger partial charge on any atom is -0.480 e. The van der Waals surface area contributed by atoms with Crippen LogP contribution in [0.4, 0.5) is 0 Å². The summed E-state index contributed by atoms with van der Waals surface area (Å²) in [5.41, 5.74) is 0. The van der Waals surface area contributed by atoms with Crippen molar-refractivity contribution in [3.8, 4) is 0 Å². The fourth-order valence-electron chi connectivity index (χ4n) is 0.742. The van der Waals surface area contributed by atoms with Crippen LogP contribution in [-0.2, 0) is 48.5 Å². The van der Waals surface area contributed by atoms with Crippen molar-refractivity contribution in [3.63, 3.8) is 0 Å². The van der Waals surface area contributed by atoms with E-state index in [-0.39, 0.29) is 34.1 Å². The third-order valence-corrected chi connectivity index (χ3v) is 1.08. The van der Waals surface area contributed by atoms with Crippen molar-refractivity contribution in [1.82, 2.24) is 4.90 Å². The molecule has 7 nitrogen and oxygen atoms in total. The minimum atomic E-state index is -1.26. The molecule has 15 heavy (non-hydrogen) atoms. The van der Waals surface area contributed by atoms with Gasteiger partial charge in [-0.25, -0.2) is 0 Å². The van der Waals surface area contributed by atoms with Crippen LogP contribution in [0.1, 0.15) is 0 Å². The summed E-state index contributed by atoms with van der Waals surface area (Å²) in [4.78, 5) is 31.2. The zero-order valence-corrected chi connectivity index (χ0v) is 9.75. The molecule has 0 unspecified atom stereocenters. The number of hydrogen-bond acceptors (Lipinski definition) is 4.